The highest BCUT2D eigenvalue weighted by Gasteiger charge is 2.18. The lowest BCUT2D eigenvalue weighted by Crippen LogP contribution is -2.14. The Morgan fingerprint density at radius 1 is 1.57 bits per heavy atom. The first-order chi connectivity index (χ1) is 6.81. The Balaban J connectivity index is 2.33. The van der Waals surface area contributed by atoms with Crippen LogP contribution >= 0.6 is 11.8 Å². The van der Waals surface area contributed by atoms with Crippen LogP contribution in [0.25, 0.3) is 0 Å². The number of aromatic amines is 1. The van der Waals surface area contributed by atoms with E-state index in [2.05, 4.69) is 4.98 Å². The lowest BCUT2D eigenvalue weighted by molar-refractivity contribution is 0.747. The summed E-state index contributed by atoms with van der Waals surface area (Å²) in [5.41, 5.74) is 0.903. The molecule has 2 rings (SSSR count). The van der Waals surface area contributed by atoms with Crippen LogP contribution < -0.4 is 5.56 Å². The van der Waals surface area contributed by atoms with Crippen LogP contribution in [0.1, 0.15) is 23.6 Å². The summed E-state index contributed by atoms with van der Waals surface area (Å²) in [6.07, 6.45) is 1.12. The second-order valence-electron chi connectivity index (χ2n) is 3.33. The number of pyridine rings is 1. The van der Waals surface area contributed by atoms with Crippen LogP contribution in [-0.2, 0) is 0 Å². The van der Waals surface area contributed by atoms with E-state index in [0.717, 1.165) is 23.6 Å². The van der Waals surface area contributed by atoms with E-state index < -0.39 is 0 Å². The van der Waals surface area contributed by atoms with E-state index in [1.807, 2.05) is 23.9 Å². The van der Waals surface area contributed by atoms with Crippen molar-refractivity contribution in [2.45, 2.75) is 12.3 Å². The topological polar surface area (TPSA) is 56.6 Å². The zero-order valence-electron chi connectivity index (χ0n) is 7.62. The van der Waals surface area contributed by atoms with Crippen LogP contribution in [0.5, 0.6) is 0 Å². The molecular formula is C10H10N2OS. The van der Waals surface area contributed by atoms with E-state index in [0.29, 0.717) is 5.92 Å². The van der Waals surface area contributed by atoms with Crippen LogP contribution in [0.2, 0.25) is 0 Å². The molecule has 0 aliphatic carbocycles. The highest BCUT2D eigenvalue weighted by Crippen LogP contribution is 2.30. The molecule has 14 heavy (non-hydrogen) atoms. The van der Waals surface area contributed by atoms with Crippen LogP contribution in [0.15, 0.2) is 16.9 Å². The Kier molecular flexibility index (Phi) is 2.60. The minimum atomic E-state index is -0.262. The van der Waals surface area contributed by atoms with Crippen LogP contribution in [-0.4, -0.2) is 16.5 Å². The lowest BCUT2D eigenvalue weighted by Gasteiger charge is -2.07. The molecule has 0 bridgehead atoms. The molecule has 2 heterocycles. The molecule has 0 amide bonds. The number of rotatable bonds is 1. The summed E-state index contributed by atoms with van der Waals surface area (Å²) < 4.78 is 0. The summed E-state index contributed by atoms with van der Waals surface area (Å²) in [7, 11) is 0. The van der Waals surface area contributed by atoms with Gasteiger partial charge < -0.3 is 4.98 Å². The third-order valence-corrected chi connectivity index (χ3v) is 3.58. The van der Waals surface area contributed by atoms with Crippen molar-refractivity contribution in [3.8, 4) is 6.07 Å². The zero-order valence-corrected chi connectivity index (χ0v) is 8.43. The van der Waals surface area contributed by atoms with Crippen molar-refractivity contribution < 1.29 is 0 Å². The first-order valence-corrected chi connectivity index (χ1v) is 5.68. The molecule has 0 aromatic carbocycles. The van der Waals surface area contributed by atoms with Gasteiger partial charge in [0.2, 0.25) is 0 Å². The summed E-state index contributed by atoms with van der Waals surface area (Å²) in [5.74, 6) is 2.69. The number of nitrogens with one attached hydrogen (secondary N) is 1. The number of nitrogens with zero attached hydrogens (tertiary/aromatic N) is 1. The molecule has 1 aliphatic heterocycles. The minimum absolute atomic E-state index is 0.194. The number of hydrogen-bond donors (Lipinski definition) is 1. The molecular weight excluding hydrogens is 196 g/mol. The van der Waals surface area contributed by atoms with Gasteiger partial charge in [-0.25, -0.2) is 0 Å². The average molecular weight is 206 g/mol. The molecule has 3 nitrogen and oxygen atoms in total. The summed E-state index contributed by atoms with van der Waals surface area (Å²) in [6.45, 7) is 0. The fourth-order valence-electron chi connectivity index (χ4n) is 1.59. The van der Waals surface area contributed by atoms with E-state index in [1.165, 1.54) is 0 Å². The van der Waals surface area contributed by atoms with E-state index in [1.54, 1.807) is 6.07 Å². The first kappa shape index (κ1) is 9.35. The molecule has 72 valence electrons. The molecule has 1 aromatic rings. The molecule has 1 fully saturated rings. The van der Waals surface area contributed by atoms with Crippen molar-refractivity contribution in [1.82, 2.24) is 4.98 Å². The van der Waals surface area contributed by atoms with Crippen LogP contribution in [0.4, 0.5) is 0 Å². The molecule has 1 atom stereocenters. The standard InChI is InChI=1S/C10H10N2OS/c11-5-7-1-2-9(12-10(7)13)8-3-4-14-6-8/h1-2,8H,3-4,6H2,(H,12,13). The van der Waals surface area contributed by atoms with Gasteiger partial charge in [-0.05, 0) is 24.3 Å². The first-order valence-electron chi connectivity index (χ1n) is 4.52. The highest BCUT2D eigenvalue weighted by molar-refractivity contribution is 7.99. The largest absolute Gasteiger partial charge is 0.325 e. The third-order valence-electron chi connectivity index (χ3n) is 2.42. The molecule has 1 aliphatic rings. The predicted molar refractivity (Wildman–Crippen MR) is 56.5 cm³/mol. The SMILES string of the molecule is N#Cc1ccc(C2CCSC2)[nH]c1=O. The Morgan fingerprint density at radius 2 is 2.43 bits per heavy atom. The van der Waals surface area contributed by atoms with Gasteiger partial charge in [-0.15, -0.1) is 0 Å². The molecule has 0 radical (unpaired) electrons. The van der Waals surface area contributed by atoms with Gasteiger partial charge in [0.15, 0.2) is 0 Å². The quantitative estimate of drug-likeness (QED) is 0.757. The Morgan fingerprint density at radius 3 is 3.00 bits per heavy atom. The summed E-state index contributed by atoms with van der Waals surface area (Å²) in [4.78, 5) is 14.1. The molecule has 0 saturated carbocycles. The van der Waals surface area contributed by atoms with E-state index in [-0.39, 0.29) is 11.1 Å². The van der Waals surface area contributed by atoms with Crippen molar-refractivity contribution in [3.63, 3.8) is 0 Å². The number of nitriles is 1. The summed E-state index contributed by atoms with van der Waals surface area (Å²) in [5, 5.41) is 8.60. The molecule has 1 N–H and O–H groups in total. The normalized spacial score (nSPS) is 20.6. The second kappa shape index (κ2) is 3.89. The second-order valence-corrected chi connectivity index (χ2v) is 4.48. The monoisotopic (exact) mass is 206 g/mol. The van der Waals surface area contributed by atoms with Crippen molar-refractivity contribution in [2.24, 2.45) is 0 Å². The Bertz CT molecular complexity index is 426. The average Bonchev–Trinajstić information content (AvgIpc) is 2.70. The Labute approximate surface area is 86.1 Å². The number of aromatic nitrogens is 1. The lowest BCUT2D eigenvalue weighted by atomic mass is 10.0. The maximum Gasteiger partial charge on any atom is 0.266 e. The number of hydrogen-bond acceptors (Lipinski definition) is 3. The van der Waals surface area contributed by atoms with E-state index in [4.69, 9.17) is 5.26 Å². The molecule has 1 unspecified atom stereocenters. The maximum atomic E-state index is 11.3. The van der Waals surface area contributed by atoms with Crippen LogP contribution in [0.3, 0.4) is 0 Å². The van der Waals surface area contributed by atoms with Crippen molar-refractivity contribution in [3.05, 3.63) is 33.7 Å². The molecule has 4 heteroatoms. The molecule has 0 spiro atoms. The van der Waals surface area contributed by atoms with Crippen molar-refractivity contribution in [1.29, 1.82) is 5.26 Å². The third kappa shape index (κ3) is 1.68. The van der Waals surface area contributed by atoms with Gasteiger partial charge in [0.1, 0.15) is 11.6 Å². The Hall–Kier alpha value is -1.21. The number of thioether (sulfide) groups is 1. The predicted octanol–water partition coefficient (Wildman–Crippen LogP) is 1.47. The summed E-state index contributed by atoms with van der Waals surface area (Å²) in [6, 6.07) is 5.33. The smallest absolute Gasteiger partial charge is 0.266 e. The highest BCUT2D eigenvalue weighted by atomic mass is 32.2. The van der Waals surface area contributed by atoms with Gasteiger partial charge in [0.05, 0.1) is 0 Å². The van der Waals surface area contributed by atoms with Gasteiger partial charge in [0, 0.05) is 17.4 Å². The van der Waals surface area contributed by atoms with Gasteiger partial charge in [-0.2, -0.15) is 17.0 Å². The van der Waals surface area contributed by atoms with Crippen LogP contribution in [0, 0.1) is 11.3 Å². The van der Waals surface area contributed by atoms with E-state index >= 15 is 0 Å². The van der Waals surface area contributed by atoms with Gasteiger partial charge in [-0.3, -0.25) is 4.79 Å². The van der Waals surface area contributed by atoms with E-state index in [9.17, 15) is 4.79 Å². The number of H-pyrrole nitrogens is 1. The fraction of sp³-hybridized carbons (Fsp3) is 0.400. The fourth-order valence-corrected chi connectivity index (χ4v) is 2.84. The summed E-state index contributed by atoms with van der Waals surface area (Å²) >= 11 is 1.91. The minimum Gasteiger partial charge on any atom is -0.325 e. The van der Waals surface area contributed by atoms with Crippen molar-refractivity contribution >= 4 is 11.8 Å². The van der Waals surface area contributed by atoms with Gasteiger partial charge in [0.25, 0.3) is 5.56 Å². The van der Waals surface area contributed by atoms with Crippen molar-refractivity contribution in [2.75, 3.05) is 11.5 Å². The molecule has 1 aromatic heterocycles. The molecule has 1 saturated heterocycles. The zero-order chi connectivity index (χ0) is 9.97. The maximum absolute atomic E-state index is 11.3. The van der Waals surface area contributed by atoms with Gasteiger partial charge in [-0.1, -0.05) is 0 Å². The van der Waals surface area contributed by atoms with Gasteiger partial charge >= 0.3 is 0 Å².